The molecule has 0 saturated heterocycles. The van der Waals surface area contributed by atoms with Crippen LogP contribution in [0.3, 0.4) is 0 Å². The average molecular weight is 385 g/mol. The number of fused-ring (bicyclic) bond motifs is 1. The van der Waals surface area contributed by atoms with E-state index in [0.29, 0.717) is 5.65 Å². The molecule has 0 aliphatic rings. The van der Waals surface area contributed by atoms with Gasteiger partial charge in [-0.05, 0) is 50.5 Å². The predicted octanol–water partition coefficient (Wildman–Crippen LogP) is 5.40. The maximum absolute atomic E-state index is 14.0. The van der Waals surface area contributed by atoms with Gasteiger partial charge >= 0.3 is 5.97 Å². The first-order valence-electron chi connectivity index (χ1n) is 9.52. The standard InChI is InChI=1S/C22H28FN3O2/c1-6-15(5)26(19(9-4)16(7-2)12-17(23)8-3)18-10-11-21-24-13-20(22(27)28)25(21)14-18/h7-8,10-15,19H,2,6,9H2,1,3-5H3,(H,27,28)/b16-12+,17-8+. The third-order valence-corrected chi connectivity index (χ3v) is 5.00. The number of anilines is 1. The second-order valence-corrected chi connectivity index (χ2v) is 6.67. The first kappa shape index (κ1) is 21.4. The molecule has 5 nitrogen and oxygen atoms in total. The van der Waals surface area contributed by atoms with Crippen LogP contribution >= 0.6 is 0 Å². The Kier molecular flexibility index (Phi) is 7.15. The van der Waals surface area contributed by atoms with Crippen molar-refractivity contribution in [1.29, 1.82) is 0 Å². The number of carboxylic acids is 1. The summed E-state index contributed by atoms with van der Waals surface area (Å²) in [7, 11) is 0. The van der Waals surface area contributed by atoms with E-state index in [1.54, 1.807) is 29.7 Å². The van der Waals surface area contributed by atoms with E-state index in [-0.39, 0.29) is 23.6 Å². The molecule has 2 atom stereocenters. The number of aromatic carboxylic acids is 1. The van der Waals surface area contributed by atoms with E-state index in [2.05, 4.69) is 30.3 Å². The molecule has 0 aromatic carbocycles. The number of hydrogen-bond acceptors (Lipinski definition) is 3. The maximum Gasteiger partial charge on any atom is 0.354 e. The Labute approximate surface area is 165 Å². The van der Waals surface area contributed by atoms with Crippen molar-refractivity contribution in [3.05, 3.63) is 66.4 Å². The average Bonchev–Trinajstić information content (AvgIpc) is 3.13. The van der Waals surface area contributed by atoms with Gasteiger partial charge in [0.15, 0.2) is 5.69 Å². The zero-order chi connectivity index (χ0) is 20.8. The van der Waals surface area contributed by atoms with Crippen molar-refractivity contribution in [3.63, 3.8) is 0 Å². The molecule has 2 heterocycles. The van der Waals surface area contributed by atoms with E-state index >= 15 is 0 Å². The summed E-state index contributed by atoms with van der Waals surface area (Å²) >= 11 is 0. The van der Waals surface area contributed by atoms with Gasteiger partial charge in [-0.2, -0.15) is 0 Å². The molecule has 0 aliphatic heterocycles. The van der Waals surface area contributed by atoms with E-state index in [0.717, 1.165) is 24.1 Å². The maximum atomic E-state index is 14.0. The first-order chi connectivity index (χ1) is 13.4. The molecule has 150 valence electrons. The number of halogens is 1. The highest BCUT2D eigenvalue weighted by Crippen LogP contribution is 2.29. The van der Waals surface area contributed by atoms with Crippen LogP contribution in [0.15, 0.2) is 60.7 Å². The normalized spacial score (nSPS) is 14.8. The number of pyridine rings is 1. The predicted molar refractivity (Wildman–Crippen MR) is 112 cm³/mol. The number of carbonyl (C=O) groups is 1. The van der Waals surface area contributed by atoms with Crippen LogP contribution in [0.1, 0.15) is 51.0 Å². The highest BCUT2D eigenvalue weighted by atomic mass is 19.1. The lowest BCUT2D eigenvalue weighted by atomic mass is 9.98. The molecule has 2 aromatic heterocycles. The van der Waals surface area contributed by atoms with Gasteiger partial charge in [-0.25, -0.2) is 14.2 Å². The number of rotatable bonds is 9. The van der Waals surface area contributed by atoms with E-state index in [1.807, 2.05) is 13.0 Å². The molecule has 2 unspecified atom stereocenters. The summed E-state index contributed by atoms with van der Waals surface area (Å²) in [4.78, 5) is 17.8. The summed E-state index contributed by atoms with van der Waals surface area (Å²) in [6.45, 7) is 11.8. The monoisotopic (exact) mass is 385 g/mol. The van der Waals surface area contributed by atoms with Gasteiger partial charge < -0.3 is 10.0 Å². The summed E-state index contributed by atoms with van der Waals surface area (Å²) in [5, 5.41) is 9.42. The Morgan fingerprint density at radius 1 is 1.39 bits per heavy atom. The summed E-state index contributed by atoms with van der Waals surface area (Å²) in [5.41, 5.74) is 2.30. The van der Waals surface area contributed by atoms with Crippen molar-refractivity contribution in [2.24, 2.45) is 0 Å². The molecule has 28 heavy (non-hydrogen) atoms. The van der Waals surface area contributed by atoms with Crippen molar-refractivity contribution >= 4 is 17.3 Å². The molecule has 6 heteroatoms. The van der Waals surface area contributed by atoms with Crippen LogP contribution in [-0.4, -0.2) is 32.5 Å². The third-order valence-electron chi connectivity index (χ3n) is 5.00. The van der Waals surface area contributed by atoms with E-state index < -0.39 is 5.97 Å². The fourth-order valence-electron chi connectivity index (χ4n) is 3.35. The molecule has 0 fully saturated rings. The molecule has 0 spiro atoms. The van der Waals surface area contributed by atoms with Gasteiger partial charge in [-0.15, -0.1) is 0 Å². The van der Waals surface area contributed by atoms with E-state index in [4.69, 9.17) is 0 Å². The molecule has 0 amide bonds. The fraction of sp³-hybridized carbons (Fsp3) is 0.364. The molecule has 0 saturated carbocycles. The molecule has 0 radical (unpaired) electrons. The van der Waals surface area contributed by atoms with Crippen molar-refractivity contribution in [1.82, 2.24) is 9.38 Å². The lowest BCUT2D eigenvalue weighted by Crippen LogP contribution is -2.42. The second-order valence-electron chi connectivity index (χ2n) is 6.67. The Bertz CT molecular complexity index is 914. The Balaban J connectivity index is 2.63. The number of allylic oxidation sites excluding steroid dienone is 3. The summed E-state index contributed by atoms with van der Waals surface area (Å²) in [6, 6.07) is 3.77. The van der Waals surface area contributed by atoms with Crippen molar-refractivity contribution in [2.75, 3.05) is 4.90 Å². The van der Waals surface area contributed by atoms with Crippen LogP contribution < -0.4 is 4.90 Å². The van der Waals surface area contributed by atoms with Gasteiger partial charge in [0.05, 0.1) is 17.9 Å². The largest absolute Gasteiger partial charge is 0.477 e. The lowest BCUT2D eigenvalue weighted by molar-refractivity contribution is 0.0689. The number of hydrogen-bond donors (Lipinski definition) is 1. The van der Waals surface area contributed by atoms with Crippen LogP contribution in [0.4, 0.5) is 10.1 Å². The Morgan fingerprint density at radius 3 is 2.64 bits per heavy atom. The summed E-state index contributed by atoms with van der Waals surface area (Å²) < 4.78 is 15.5. The second kappa shape index (κ2) is 9.35. The number of imidazole rings is 1. The zero-order valence-corrected chi connectivity index (χ0v) is 16.9. The van der Waals surface area contributed by atoms with Gasteiger partial charge in [0, 0.05) is 12.2 Å². The van der Waals surface area contributed by atoms with Crippen LogP contribution in [0.25, 0.3) is 5.65 Å². The van der Waals surface area contributed by atoms with Crippen molar-refractivity contribution in [3.8, 4) is 0 Å². The van der Waals surface area contributed by atoms with E-state index in [1.165, 1.54) is 18.3 Å². The highest BCUT2D eigenvalue weighted by Gasteiger charge is 2.25. The topological polar surface area (TPSA) is 57.8 Å². The Hall–Kier alpha value is -2.89. The van der Waals surface area contributed by atoms with Crippen LogP contribution in [0.2, 0.25) is 0 Å². The Morgan fingerprint density at radius 2 is 2.11 bits per heavy atom. The summed E-state index contributed by atoms with van der Waals surface area (Å²) in [5.74, 6) is -1.34. The van der Waals surface area contributed by atoms with Gasteiger partial charge in [0.1, 0.15) is 11.5 Å². The number of carboxylic acid groups (broad SMARTS) is 1. The van der Waals surface area contributed by atoms with Crippen LogP contribution in [0.5, 0.6) is 0 Å². The third kappa shape index (κ3) is 4.32. The van der Waals surface area contributed by atoms with Crippen molar-refractivity contribution in [2.45, 2.75) is 52.6 Å². The molecule has 0 bridgehead atoms. The molecular weight excluding hydrogens is 357 g/mol. The molecular formula is C22H28FN3O2. The highest BCUT2D eigenvalue weighted by molar-refractivity contribution is 5.86. The van der Waals surface area contributed by atoms with Crippen LogP contribution in [0, 0.1) is 0 Å². The number of nitrogens with zero attached hydrogens (tertiary/aromatic N) is 3. The van der Waals surface area contributed by atoms with Gasteiger partial charge in [-0.3, -0.25) is 4.40 Å². The molecule has 0 aliphatic carbocycles. The fourth-order valence-corrected chi connectivity index (χ4v) is 3.35. The van der Waals surface area contributed by atoms with E-state index in [9.17, 15) is 14.3 Å². The smallest absolute Gasteiger partial charge is 0.354 e. The minimum absolute atomic E-state index is 0.104. The zero-order valence-electron chi connectivity index (χ0n) is 16.9. The number of aromatic nitrogens is 2. The molecule has 2 rings (SSSR count). The van der Waals surface area contributed by atoms with Gasteiger partial charge in [-0.1, -0.05) is 32.6 Å². The van der Waals surface area contributed by atoms with Gasteiger partial charge in [0.2, 0.25) is 0 Å². The van der Waals surface area contributed by atoms with Crippen LogP contribution in [-0.2, 0) is 0 Å². The molecule has 2 aromatic rings. The lowest BCUT2D eigenvalue weighted by Gasteiger charge is -2.38. The minimum Gasteiger partial charge on any atom is -0.477 e. The van der Waals surface area contributed by atoms with Crippen molar-refractivity contribution < 1.29 is 14.3 Å². The molecule has 1 N–H and O–H groups in total. The minimum atomic E-state index is -1.03. The van der Waals surface area contributed by atoms with Gasteiger partial charge in [0.25, 0.3) is 0 Å². The SMILES string of the molecule is C=C/C(=C\C(F)=C/C)C(CC)N(c1ccc2ncc(C(=O)O)n2c1)C(C)CC. The summed E-state index contributed by atoms with van der Waals surface area (Å²) in [6.07, 6.45) is 9.37. The quantitative estimate of drug-likeness (QED) is 0.587. The first-order valence-corrected chi connectivity index (χ1v) is 9.52.